The fraction of sp³-hybridized carbons (Fsp3) is 0.0870. The summed E-state index contributed by atoms with van der Waals surface area (Å²) in [5, 5.41) is 4.37. The van der Waals surface area contributed by atoms with Crippen molar-refractivity contribution in [3.63, 3.8) is 0 Å². The molecule has 1 aliphatic heterocycles. The summed E-state index contributed by atoms with van der Waals surface area (Å²) in [6, 6.07) is 27.0. The Morgan fingerprint density at radius 1 is 0.929 bits per heavy atom. The first-order valence-electron chi connectivity index (χ1n) is 8.92. The van der Waals surface area contributed by atoms with Crippen LogP contribution in [0.3, 0.4) is 0 Å². The van der Waals surface area contributed by atoms with Gasteiger partial charge in [0.15, 0.2) is 5.60 Å². The summed E-state index contributed by atoms with van der Waals surface area (Å²) in [6.07, 6.45) is 1.36. The molecule has 1 aliphatic rings. The van der Waals surface area contributed by atoms with Gasteiger partial charge < -0.3 is 10.4 Å². The van der Waals surface area contributed by atoms with Gasteiger partial charge in [0.25, 0.3) is 5.78 Å². The summed E-state index contributed by atoms with van der Waals surface area (Å²) in [4.78, 5) is 21.2. The van der Waals surface area contributed by atoms with E-state index in [-0.39, 0.29) is 0 Å². The van der Waals surface area contributed by atoms with E-state index in [1.54, 1.807) is 12.1 Å². The highest BCUT2D eigenvalue weighted by Gasteiger charge is 2.43. The van der Waals surface area contributed by atoms with Crippen molar-refractivity contribution in [2.45, 2.75) is 12.0 Å². The molecule has 0 amide bonds. The average molecular weight is 367 g/mol. The van der Waals surface area contributed by atoms with Gasteiger partial charge in [0.05, 0.1) is 5.71 Å². The maximum Gasteiger partial charge on any atom is 0.328 e. The minimum atomic E-state index is -0.765. The van der Waals surface area contributed by atoms with E-state index in [4.69, 9.17) is 10.4 Å². The predicted octanol–water partition coefficient (Wildman–Crippen LogP) is 4.24. The highest BCUT2D eigenvalue weighted by atomic mass is 16.7. The number of rotatable bonds is 5. The fourth-order valence-corrected chi connectivity index (χ4v) is 3.54. The number of nitrogens with zero attached hydrogens (tertiary/aromatic N) is 3. The Labute approximate surface area is 162 Å². The molecule has 4 rings (SSSR count). The maximum absolute atomic E-state index is 12.3. The van der Waals surface area contributed by atoms with Crippen molar-refractivity contribution in [1.29, 1.82) is 0 Å². The highest BCUT2D eigenvalue weighted by Crippen LogP contribution is 2.42. The van der Waals surface area contributed by atoms with Crippen molar-refractivity contribution < 1.29 is 14.4 Å². The summed E-state index contributed by atoms with van der Waals surface area (Å²) in [5.74, 6) is -0.391. The summed E-state index contributed by atoms with van der Waals surface area (Å²) >= 11 is 0. The van der Waals surface area contributed by atoms with Crippen molar-refractivity contribution >= 4 is 17.7 Å². The van der Waals surface area contributed by atoms with Gasteiger partial charge in [0.2, 0.25) is 0 Å². The molecule has 0 radical (unpaired) electrons. The van der Waals surface area contributed by atoms with Crippen LogP contribution < -0.4 is 0 Å². The molecule has 0 atom stereocenters. The van der Waals surface area contributed by atoms with Gasteiger partial charge in [0.1, 0.15) is 0 Å². The molecule has 1 heterocycles. The van der Waals surface area contributed by atoms with E-state index < -0.39 is 11.4 Å². The van der Waals surface area contributed by atoms with Crippen molar-refractivity contribution in [3.05, 3.63) is 113 Å². The van der Waals surface area contributed by atoms with E-state index in [1.807, 2.05) is 72.8 Å². The van der Waals surface area contributed by atoms with Crippen LogP contribution in [0.15, 0.2) is 90.1 Å². The number of hydrogen-bond acceptors (Lipinski definition) is 3. The summed E-state index contributed by atoms with van der Waals surface area (Å²) < 4.78 is 0. The molecule has 5 nitrogen and oxygen atoms in total. The molecule has 0 unspecified atom stereocenters. The number of hydrogen-bond donors (Lipinski definition) is 0. The molecule has 28 heavy (non-hydrogen) atoms. The first-order valence-corrected chi connectivity index (χ1v) is 8.92. The molecule has 0 bridgehead atoms. The van der Waals surface area contributed by atoms with Gasteiger partial charge in [-0.2, -0.15) is 4.79 Å². The average Bonchev–Trinajstić information content (AvgIpc) is 3.22. The van der Waals surface area contributed by atoms with E-state index >= 15 is 0 Å². The lowest BCUT2D eigenvalue weighted by Crippen LogP contribution is -2.28. The monoisotopic (exact) mass is 367 g/mol. The molecular formula is C23H17N3O2. The van der Waals surface area contributed by atoms with Crippen LogP contribution in [0.2, 0.25) is 0 Å². The van der Waals surface area contributed by atoms with E-state index in [0.717, 1.165) is 17.3 Å². The Morgan fingerprint density at radius 3 is 2.11 bits per heavy atom. The Hall–Kier alpha value is -3.82. The fourth-order valence-electron chi connectivity index (χ4n) is 3.54. The summed E-state index contributed by atoms with van der Waals surface area (Å²) in [6.45, 7) is 0. The maximum atomic E-state index is 12.3. The number of ketones is 1. The molecule has 0 aliphatic carbocycles. The Kier molecular flexibility index (Phi) is 4.67. The first-order chi connectivity index (χ1) is 13.7. The molecule has 0 saturated heterocycles. The van der Waals surface area contributed by atoms with Gasteiger partial charge in [-0.05, 0) is 0 Å². The van der Waals surface area contributed by atoms with Crippen LogP contribution in [0.4, 0.5) is 0 Å². The van der Waals surface area contributed by atoms with Gasteiger partial charge in [-0.15, -0.1) is 0 Å². The molecule has 5 heteroatoms. The molecule has 3 aromatic rings. The van der Waals surface area contributed by atoms with Gasteiger partial charge in [-0.25, -0.2) is 0 Å². The van der Waals surface area contributed by atoms with E-state index in [0.29, 0.717) is 23.3 Å². The van der Waals surface area contributed by atoms with Gasteiger partial charge in [-0.3, -0.25) is 4.79 Å². The third kappa shape index (κ3) is 3.04. The topological polar surface area (TPSA) is 75.1 Å². The van der Waals surface area contributed by atoms with Crippen molar-refractivity contribution in [3.8, 4) is 0 Å². The van der Waals surface area contributed by atoms with Crippen molar-refractivity contribution in [2.24, 2.45) is 5.16 Å². The van der Waals surface area contributed by atoms with Crippen molar-refractivity contribution in [1.82, 2.24) is 0 Å². The largest absolute Gasteiger partial charge is 0.379 e. The Balaban J connectivity index is 1.79. The molecule has 3 aromatic carbocycles. The predicted molar refractivity (Wildman–Crippen MR) is 106 cm³/mol. The number of Topliss-reactive ketones (excluding diaryl/α,β-unsaturated/α-hetero) is 1. The van der Waals surface area contributed by atoms with Gasteiger partial charge in [0, 0.05) is 28.7 Å². The van der Waals surface area contributed by atoms with Crippen LogP contribution in [0.5, 0.6) is 0 Å². The minimum absolute atomic E-state index is 0.391. The number of oxime groups is 1. The highest BCUT2D eigenvalue weighted by molar-refractivity contribution is 6.35. The normalized spacial score (nSPS) is 14.5. The molecule has 136 valence electrons. The number of carbonyl (C=O) groups is 1. The summed E-state index contributed by atoms with van der Waals surface area (Å²) in [7, 11) is 0. The zero-order valence-corrected chi connectivity index (χ0v) is 15.0. The number of carbonyl (C=O) groups excluding carboxylic acids is 1. The lowest BCUT2D eigenvalue weighted by molar-refractivity contribution is 0.00234. The van der Waals surface area contributed by atoms with Crippen LogP contribution in [-0.2, 0) is 10.4 Å². The third-order valence-corrected chi connectivity index (χ3v) is 4.89. The van der Waals surface area contributed by atoms with Crippen molar-refractivity contribution in [2.75, 3.05) is 0 Å². The third-order valence-electron chi connectivity index (χ3n) is 4.89. The molecule has 0 N–H and O–H groups in total. The van der Waals surface area contributed by atoms with Crippen LogP contribution in [0.1, 0.15) is 33.5 Å². The molecule has 0 fully saturated rings. The standard InChI is InChI=1S/C23H17N3O2/c24-25-16-22(27)20-14-8-7-13-19(20)21-15-23(28-26-21,17-9-3-1-4-10-17)18-11-5-2-6-12-18/h1-14,16H,15H2. The van der Waals surface area contributed by atoms with Crippen LogP contribution in [0.25, 0.3) is 5.53 Å². The zero-order valence-electron chi connectivity index (χ0n) is 15.0. The lowest BCUT2D eigenvalue weighted by atomic mass is 9.81. The Bertz CT molecular complexity index is 1050. The van der Waals surface area contributed by atoms with E-state index in [2.05, 4.69) is 9.95 Å². The molecule has 0 saturated carbocycles. The lowest BCUT2D eigenvalue weighted by Gasteiger charge is -2.27. The first kappa shape index (κ1) is 17.6. The second-order valence-corrected chi connectivity index (χ2v) is 6.52. The van der Waals surface area contributed by atoms with Crippen LogP contribution in [-0.4, -0.2) is 22.5 Å². The smallest absolute Gasteiger partial charge is 0.328 e. The Morgan fingerprint density at radius 2 is 1.50 bits per heavy atom. The number of benzene rings is 3. The van der Waals surface area contributed by atoms with E-state index in [1.165, 1.54) is 0 Å². The minimum Gasteiger partial charge on any atom is -0.379 e. The van der Waals surface area contributed by atoms with Gasteiger partial charge >= 0.3 is 6.21 Å². The summed E-state index contributed by atoms with van der Waals surface area (Å²) in [5.41, 5.74) is 11.7. The SMILES string of the molecule is [N-]=[N+]=CC(=O)c1ccccc1C1=NOC(c2ccccc2)(c2ccccc2)C1. The van der Waals surface area contributed by atoms with Gasteiger partial charge in [-0.1, -0.05) is 90.1 Å². The van der Waals surface area contributed by atoms with Crippen LogP contribution >= 0.6 is 0 Å². The molecule has 0 aromatic heterocycles. The van der Waals surface area contributed by atoms with Crippen LogP contribution in [0, 0.1) is 0 Å². The quantitative estimate of drug-likeness (QED) is 0.293. The second-order valence-electron chi connectivity index (χ2n) is 6.52. The second kappa shape index (κ2) is 7.43. The zero-order chi connectivity index (χ0) is 19.4. The molecule has 0 spiro atoms. The van der Waals surface area contributed by atoms with E-state index in [9.17, 15) is 4.79 Å². The molecular weight excluding hydrogens is 350 g/mol.